The summed E-state index contributed by atoms with van der Waals surface area (Å²) in [5.74, 6) is 1.15. The monoisotopic (exact) mass is 499 g/mol. The molecule has 3 N–H and O–H groups in total. The molecule has 6 aromatic rings. The highest BCUT2D eigenvalue weighted by atomic mass is 15.2. The Morgan fingerprint density at radius 1 is 0.842 bits per heavy atom. The van der Waals surface area contributed by atoms with Crippen molar-refractivity contribution in [1.82, 2.24) is 40.1 Å². The van der Waals surface area contributed by atoms with Gasteiger partial charge in [-0.05, 0) is 55.2 Å². The maximum Gasteiger partial charge on any atom is 0.161 e. The first-order chi connectivity index (χ1) is 18.7. The number of pyridine rings is 4. The average Bonchev–Trinajstić information content (AvgIpc) is 3.73. The van der Waals surface area contributed by atoms with E-state index in [4.69, 9.17) is 9.97 Å². The number of anilines is 1. The van der Waals surface area contributed by atoms with E-state index in [9.17, 15) is 0 Å². The van der Waals surface area contributed by atoms with Gasteiger partial charge in [-0.3, -0.25) is 20.1 Å². The van der Waals surface area contributed by atoms with Gasteiger partial charge in [-0.2, -0.15) is 5.10 Å². The van der Waals surface area contributed by atoms with Gasteiger partial charge in [0.25, 0.3) is 0 Å². The fraction of sp³-hybridized carbons (Fsp3) is 0.172. The number of hydrogen-bond donors (Lipinski definition) is 3. The number of rotatable bonds is 6. The van der Waals surface area contributed by atoms with Crippen molar-refractivity contribution < 1.29 is 0 Å². The molecule has 1 saturated carbocycles. The van der Waals surface area contributed by atoms with Crippen molar-refractivity contribution >= 4 is 27.8 Å². The molecular weight excluding hydrogens is 474 g/mol. The van der Waals surface area contributed by atoms with Crippen molar-refractivity contribution in [2.24, 2.45) is 5.92 Å². The predicted molar refractivity (Wildman–Crippen MR) is 148 cm³/mol. The van der Waals surface area contributed by atoms with Gasteiger partial charge in [0.15, 0.2) is 11.5 Å². The van der Waals surface area contributed by atoms with E-state index in [2.05, 4.69) is 48.1 Å². The van der Waals surface area contributed by atoms with Gasteiger partial charge in [0, 0.05) is 41.6 Å². The maximum atomic E-state index is 4.96. The van der Waals surface area contributed by atoms with E-state index in [-0.39, 0.29) is 0 Å². The first-order valence-corrected chi connectivity index (χ1v) is 12.7. The molecule has 0 aliphatic heterocycles. The van der Waals surface area contributed by atoms with E-state index in [0.29, 0.717) is 17.4 Å². The van der Waals surface area contributed by atoms with Gasteiger partial charge in [-0.25, -0.2) is 9.97 Å². The highest BCUT2D eigenvalue weighted by Crippen LogP contribution is 2.33. The Kier molecular flexibility index (Phi) is 5.39. The molecule has 6 heterocycles. The zero-order chi connectivity index (χ0) is 25.5. The highest BCUT2D eigenvalue weighted by molar-refractivity contribution is 5.95. The summed E-state index contributed by atoms with van der Waals surface area (Å²) in [5, 5.41) is 11.1. The predicted octanol–water partition coefficient (Wildman–Crippen LogP) is 6.14. The molecule has 7 rings (SSSR count). The third kappa shape index (κ3) is 3.98. The van der Waals surface area contributed by atoms with Gasteiger partial charge in [-0.15, -0.1) is 0 Å². The molecule has 38 heavy (non-hydrogen) atoms. The molecule has 9 heteroatoms. The molecule has 0 atom stereocenters. The Morgan fingerprint density at radius 2 is 1.68 bits per heavy atom. The van der Waals surface area contributed by atoms with Crippen LogP contribution in [0.5, 0.6) is 0 Å². The molecule has 0 unspecified atom stereocenters. The lowest BCUT2D eigenvalue weighted by atomic mass is 10.0. The number of aromatic amines is 2. The molecule has 1 aliphatic rings. The van der Waals surface area contributed by atoms with Crippen molar-refractivity contribution in [3.05, 3.63) is 79.7 Å². The number of allylic oxidation sites excluding steroid dienone is 1. The van der Waals surface area contributed by atoms with E-state index in [1.807, 2.05) is 42.7 Å². The molecule has 186 valence electrons. The van der Waals surface area contributed by atoms with Crippen LogP contribution < -0.4 is 5.32 Å². The maximum absolute atomic E-state index is 4.96. The highest BCUT2D eigenvalue weighted by Gasteiger charge is 2.19. The van der Waals surface area contributed by atoms with Crippen LogP contribution in [-0.2, 0) is 0 Å². The second-order valence-corrected chi connectivity index (χ2v) is 9.64. The smallest absolute Gasteiger partial charge is 0.161 e. The number of imidazole rings is 1. The van der Waals surface area contributed by atoms with Crippen LogP contribution in [0.2, 0.25) is 0 Å². The van der Waals surface area contributed by atoms with Crippen LogP contribution in [0.4, 0.5) is 5.69 Å². The minimum absolute atomic E-state index is 0.528. The molecular formula is C29H25N9. The average molecular weight is 500 g/mol. The van der Waals surface area contributed by atoms with Crippen molar-refractivity contribution in [2.45, 2.75) is 25.7 Å². The van der Waals surface area contributed by atoms with Crippen molar-refractivity contribution in [3.8, 4) is 34.0 Å². The van der Waals surface area contributed by atoms with Crippen LogP contribution in [0.1, 0.15) is 25.7 Å². The molecule has 0 spiro atoms. The summed E-state index contributed by atoms with van der Waals surface area (Å²) < 4.78 is 0. The number of fused-ring (bicyclic) bond motifs is 2. The fourth-order valence-electron chi connectivity index (χ4n) is 5.20. The van der Waals surface area contributed by atoms with Gasteiger partial charge in [0.1, 0.15) is 11.0 Å². The first-order valence-electron chi connectivity index (χ1n) is 12.7. The van der Waals surface area contributed by atoms with Crippen LogP contribution in [0.3, 0.4) is 0 Å². The number of hydrogen-bond acceptors (Lipinski definition) is 7. The molecule has 0 saturated heterocycles. The van der Waals surface area contributed by atoms with Crippen LogP contribution in [0, 0.1) is 5.92 Å². The van der Waals surface area contributed by atoms with E-state index in [0.717, 1.165) is 56.0 Å². The Balaban J connectivity index is 1.25. The fourth-order valence-corrected chi connectivity index (χ4v) is 5.20. The Morgan fingerprint density at radius 3 is 2.55 bits per heavy atom. The van der Waals surface area contributed by atoms with Crippen LogP contribution in [-0.4, -0.2) is 40.1 Å². The molecule has 0 amide bonds. The lowest BCUT2D eigenvalue weighted by Gasteiger charge is -2.15. The third-order valence-corrected chi connectivity index (χ3v) is 7.17. The second-order valence-electron chi connectivity index (χ2n) is 9.64. The minimum Gasteiger partial charge on any atom is -0.358 e. The van der Waals surface area contributed by atoms with Crippen molar-refractivity contribution in [1.29, 1.82) is 0 Å². The molecule has 6 aromatic heterocycles. The quantitative estimate of drug-likeness (QED) is 0.252. The van der Waals surface area contributed by atoms with E-state index < -0.39 is 0 Å². The van der Waals surface area contributed by atoms with Crippen LogP contribution in [0.25, 0.3) is 56.1 Å². The Labute approximate surface area is 218 Å². The van der Waals surface area contributed by atoms with E-state index in [1.54, 1.807) is 18.6 Å². The van der Waals surface area contributed by atoms with Crippen LogP contribution in [0.15, 0.2) is 79.7 Å². The van der Waals surface area contributed by atoms with Gasteiger partial charge >= 0.3 is 0 Å². The number of nitrogens with zero attached hydrogens (tertiary/aromatic N) is 6. The molecule has 1 aliphatic carbocycles. The molecule has 9 nitrogen and oxygen atoms in total. The first kappa shape index (κ1) is 22.3. The lowest BCUT2D eigenvalue weighted by Crippen LogP contribution is -2.07. The standard InChI is InChI=1S/C29H25N9/c1-17(18-4-2-3-5-18)33-21-14-20(15-31-16-21)22-6-7-24-27(34-22)28(38-37-24)29-35-23-10-13-32-25(26(23)36-29)19-8-11-30-12-9-19/h6-16,18,33H,1-5H2,(H,35,36)(H,37,38). The zero-order valence-electron chi connectivity index (χ0n) is 20.6. The normalized spacial score (nSPS) is 13.9. The largest absolute Gasteiger partial charge is 0.358 e. The summed E-state index contributed by atoms with van der Waals surface area (Å²) in [6.45, 7) is 4.27. The van der Waals surface area contributed by atoms with Gasteiger partial charge in [-0.1, -0.05) is 19.4 Å². The summed E-state index contributed by atoms with van der Waals surface area (Å²) in [4.78, 5) is 26.4. The number of H-pyrrole nitrogens is 2. The molecule has 0 bridgehead atoms. The van der Waals surface area contributed by atoms with E-state index >= 15 is 0 Å². The summed E-state index contributed by atoms with van der Waals surface area (Å²) >= 11 is 0. The van der Waals surface area contributed by atoms with Crippen molar-refractivity contribution in [2.75, 3.05) is 5.32 Å². The Hall–Kier alpha value is -4.92. The third-order valence-electron chi connectivity index (χ3n) is 7.17. The zero-order valence-corrected chi connectivity index (χ0v) is 20.6. The molecule has 0 aromatic carbocycles. The van der Waals surface area contributed by atoms with Gasteiger partial charge in [0.05, 0.1) is 34.3 Å². The number of nitrogens with one attached hydrogen (secondary N) is 3. The number of aromatic nitrogens is 8. The molecule has 0 radical (unpaired) electrons. The molecule has 1 fully saturated rings. The summed E-state index contributed by atoms with van der Waals surface area (Å²) in [5.41, 5.74) is 9.29. The van der Waals surface area contributed by atoms with Gasteiger partial charge in [0.2, 0.25) is 0 Å². The lowest BCUT2D eigenvalue weighted by molar-refractivity contribution is 0.649. The van der Waals surface area contributed by atoms with Crippen LogP contribution >= 0.6 is 0 Å². The second kappa shape index (κ2) is 9.19. The Bertz CT molecular complexity index is 1780. The summed E-state index contributed by atoms with van der Waals surface area (Å²) in [6.07, 6.45) is 13.9. The van der Waals surface area contributed by atoms with E-state index in [1.165, 1.54) is 25.7 Å². The summed E-state index contributed by atoms with van der Waals surface area (Å²) in [7, 11) is 0. The summed E-state index contributed by atoms with van der Waals surface area (Å²) in [6, 6.07) is 11.8. The van der Waals surface area contributed by atoms with Crippen molar-refractivity contribution in [3.63, 3.8) is 0 Å². The van der Waals surface area contributed by atoms with Gasteiger partial charge < -0.3 is 10.3 Å². The SMILES string of the molecule is C=C(Nc1cncc(-c2ccc3[nH]nc(-c4nc5c(-c6ccncc6)nccc5[nH]4)c3n2)c1)C1CCCC1. The topological polar surface area (TPSA) is 121 Å². The minimum atomic E-state index is 0.528.